The fraction of sp³-hybridized carbons (Fsp3) is 0.286. The lowest BCUT2D eigenvalue weighted by molar-refractivity contribution is -0.0477. The zero-order valence-corrected chi connectivity index (χ0v) is 31.5. The molecule has 0 saturated heterocycles. The second-order valence-electron chi connectivity index (χ2n) is 11.4. The molecular weight excluding hydrogens is 696 g/mol. The molecule has 0 N–H and O–H groups in total. The minimum absolute atomic E-state index is 0.0456. The van der Waals surface area contributed by atoms with Crippen molar-refractivity contribution >= 4 is 32.3 Å². The van der Waals surface area contributed by atoms with Crippen molar-refractivity contribution in [3.05, 3.63) is 113 Å². The summed E-state index contributed by atoms with van der Waals surface area (Å²) in [5.74, 6) is 1.03. The number of ether oxygens (including phenoxy) is 12. The van der Waals surface area contributed by atoms with Gasteiger partial charge >= 0.3 is 0 Å². The van der Waals surface area contributed by atoms with Gasteiger partial charge in [0.1, 0.15) is 0 Å². The van der Waals surface area contributed by atoms with E-state index < -0.39 is 37.7 Å². The third-order valence-corrected chi connectivity index (χ3v) is 7.62. The average Bonchev–Trinajstić information content (AvgIpc) is 3.12. The number of hydrogen-bond donors (Lipinski definition) is 0. The number of benzene rings is 4. The molecule has 0 aliphatic rings. The molecule has 54 heavy (non-hydrogen) atoms. The van der Waals surface area contributed by atoms with E-state index in [-0.39, 0.29) is 28.7 Å². The third kappa shape index (κ3) is 9.19. The molecule has 4 aromatic carbocycles. The molecule has 6 atom stereocenters. The van der Waals surface area contributed by atoms with Gasteiger partial charge in [0, 0.05) is 57.7 Å². The summed E-state index contributed by atoms with van der Waals surface area (Å²) in [5, 5.41) is 3.76. The summed E-state index contributed by atoms with van der Waals surface area (Å²) >= 11 is 0. The number of fused-ring (bicyclic) bond motifs is 6. The summed E-state index contributed by atoms with van der Waals surface area (Å²) in [6.45, 7) is 32.4. The maximum atomic E-state index is 6.67. The smallest absolute Gasteiger partial charge is 0.237 e. The predicted molar refractivity (Wildman–Crippen MR) is 207 cm³/mol. The van der Waals surface area contributed by atoms with Gasteiger partial charge in [-0.3, -0.25) is 0 Å². The molecule has 0 spiro atoms. The average molecular weight is 745 g/mol. The highest BCUT2D eigenvalue weighted by molar-refractivity contribution is 6.31. The lowest BCUT2D eigenvalue weighted by Gasteiger charge is -2.29. The van der Waals surface area contributed by atoms with E-state index in [2.05, 4.69) is 39.5 Å². The maximum absolute atomic E-state index is 6.67. The maximum Gasteiger partial charge on any atom is 0.237 e. The Bertz CT molecular complexity index is 1950. The zero-order chi connectivity index (χ0) is 39.4. The lowest BCUT2D eigenvalue weighted by Crippen LogP contribution is -2.22. The molecule has 0 fully saturated rings. The van der Waals surface area contributed by atoms with Gasteiger partial charge in [0.05, 0.1) is 37.6 Å². The van der Waals surface area contributed by atoms with Crippen LogP contribution in [-0.4, -0.2) is 37.7 Å². The molecule has 0 aliphatic carbocycles. The number of rotatable bonds is 24. The van der Waals surface area contributed by atoms with Gasteiger partial charge < -0.3 is 56.8 Å². The Kier molecular flexibility index (Phi) is 14.2. The Morgan fingerprint density at radius 1 is 0.352 bits per heavy atom. The van der Waals surface area contributed by atoms with Crippen LogP contribution in [0.25, 0.3) is 32.3 Å². The Morgan fingerprint density at radius 3 is 1.09 bits per heavy atom. The molecular formula is C42H48O12. The standard InChI is InChI=1S/C42H48O12/c1-13-43-25(7)49-34-24-23-33-31-21-19-20-22-32(31)36-37(35(33)38(34)50-26(8)44-14-2)40(52-28(10)46-16-4)42(54-30(12)48-18-6)41(53-29(11)47-17-5)39(36)51-27(9)45-15-3/h13-30H,1-6H2,7-12H3. The molecule has 0 bridgehead atoms. The molecule has 6 unspecified atom stereocenters. The van der Waals surface area contributed by atoms with Crippen LogP contribution in [0.2, 0.25) is 0 Å². The normalized spacial score (nSPS) is 14.1. The van der Waals surface area contributed by atoms with E-state index in [0.717, 1.165) is 16.2 Å². The molecule has 0 amide bonds. The van der Waals surface area contributed by atoms with Crippen LogP contribution in [0, 0.1) is 0 Å². The monoisotopic (exact) mass is 744 g/mol. The zero-order valence-electron chi connectivity index (χ0n) is 31.5. The Hall–Kier alpha value is -6.30. The van der Waals surface area contributed by atoms with Crippen molar-refractivity contribution in [3.63, 3.8) is 0 Å². The van der Waals surface area contributed by atoms with Crippen molar-refractivity contribution in [3.8, 4) is 34.5 Å². The van der Waals surface area contributed by atoms with Gasteiger partial charge in [-0.25, -0.2) is 0 Å². The number of hydrogen-bond acceptors (Lipinski definition) is 12. The molecule has 288 valence electrons. The fourth-order valence-electron chi connectivity index (χ4n) is 5.77. The summed E-state index contributed by atoms with van der Waals surface area (Å²) in [6.07, 6.45) is 2.39. The van der Waals surface area contributed by atoms with E-state index in [4.69, 9.17) is 56.8 Å². The lowest BCUT2D eigenvalue weighted by atomic mass is 9.91. The highest BCUT2D eigenvalue weighted by Crippen LogP contribution is 2.58. The second kappa shape index (κ2) is 19.0. The van der Waals surface area contributed by atoms with Crippen LogP contribution in [0.3, 0.4) is 0 Å². The predicted octanol–water partition coefficient (Wildman–Crippen LogP) is 10.5. The van der Waals surface area contributed by atoms with Gasteiger partial charge in [-0.15, -0.1) is 0 Å². The summed E-state index contributed by atoms with van der Waals surface area (Å²) in [4.78, 5) is 0. The van der Waals surface area contributed by atoms with E-state index in [9.17, 15) is 0 Å². The van der Waals surface area contributed by atoms with Crippen LogP contribution < -0.4 is 28.4 Å². The van der Waals surface area contributed by atoms with Crippen molar-refractivity contribution in [2.45, 2.75) is 79.3 Å². The molecule has 0 radical (unpaired) electrons. The van der Waals surface area contributed by atoms with Crippen LogP contribution in [0.15, 0.2) is 113 Å². The van der Waals surface area contributed by atoms with Gasteiger partial charge in [-0.05, 0) is 28.3 Å². The Balaban J connectivity index is 2.42. The highest BCUT2D eigenvalue weighted by Gasteiger charge is 2.34. The Morgan fingerprint density at radius 2 is 0.667 bits per heavy atom. The Labute approximate surface area is 315 Å². The first-order valence-electron chi connectivity index (χ1n) is 17.1. The molecule has 0 heterocycles. The van der Waals surface area contributed by atoms with Gasteiger partial charge in [0.25, 0.3) is 0 Å². The van der Waals surface area contributed by atoms with Gasteiger partial charge in [-0.1, -0.05) is 63.7 Å². The second-order valence-corrected chi connectivity index (χ2v) is 11.4. The third-order valence-electron chi connectivity index (χ3n) is 7.62. The molecule has 4 rings (SSSR count). The minimum Gasteiger partial charge on any atom is -0.463 e. The first-order valence-corrected chi connectivity index (χ1v) is 17.1. The van der Waals surface area contributed by atoms with Crippen molar-refractivity contribution < 1.29 is 56.8 Å². The summed E-state index contributed by atoms with van der Waals surface area (Å²) < 4.78 is 73.0. The van der Waals surface area contributed by atoms with Crippen molar-refractivity contribution in [1.29, 1.82) is 0 Å². The molecule has 0 saturated carbocycles. The SMILES string of the molecule is C=COC(C)Oc1ccc2c3ccccc3c3c(OC(C)OC=C)c(OC(C)OC=C)c(OC(C)OC=C)c(OC(C)OC=C)c3c2c1OC(C)OC=C. The van der Waals surface area contributed by atoms with E-state index in [1.807, 2.05) is 30.3 Å². The largest absolute Gasteiger partial charge is 0.463 e. The van der Waals surface area contributed by atoms with Crippen LogP contribution in [0.5, 0.6) is 34.5 Å². The minimum atomic E-state index is -0.926. The van der Waals surface area contributed by atoms with Crippen LogP contribution in [-0.2, 0) is 28.4 Å². The highest BCUT2D eigenvalue weighted by atomic mass is 16.7. The first kappa shape index (κ1) is 40.5. The quantitative estimate of drug-likeness (QED) is 0.0387. The van der Waals surface area contributed by atoms with Gasteiger partial charge in [0.15, 0.2) is 23.0 Å². The van der Waals surface area contributed by atoms with Crippen molar-refractivity contribution in [2.24, 2.45) is 0 Å². The summed E-state index contributed by atoms with van der Waals surface area (Å²) in [6, 6.07) is 11.4. The van der Waals surface area contributed by atoms with Crippen LogP contribution in [0.1, 0.15) is 41.5 Å². The topological polar surface area (TPSA) is 111 Å². The summed E-state index contributed by atoms with van der Waals surface area (Å²) in [5.41, 5.74) is 0. The molecule has 0 aliphatic heterocycles. The van der Waals surface area contributed by atoms with E-state index in [1.165, 1.54) is 37.6 Å². The van der Waals surface area contributed by atoms with E-state index in [0.29, 0.717) is 21.9 Å². The molecule has 12 heteroatoms. The molecule has 4 aromatic rings. The van der Waals surface area contributed by atoms with Gasteiger partial charge in [-0.2, -0.15) is 0 Å². The van der Waals surface area contributed by atoms with Crippen molar-refractivity contribution in [2.75, 3.05) is 0 Å². The summed E-state index contributed by atoms with van der Waals surface area (Å²) in [7, 11) is 0. The van der Waals surface area contributed by atoms with Crippen molar-refractivity contribution in [1.82, 2.24) is 0 Å². The first-order chi connectivity index (χ1) is 26.0. The van der Waals surface area contributed by atoms with E-state index >= 15 is 0 Å². The molecule has 0 aromatic heterocycles. The van der Waals surface area contributed by atoms with E-state index in [1.54, 1.807) is 47.6 Å². The fourth-order valence-corrected chi connectivity index (χ4v) is 5.77. The molecule has 12 nitrogen and oxygen atoms in total. The van der Waals surface area contributed by atoms with Crippen LogP contribution in [0.4, 0.5) is 0 Å². The van der Waals surface area contributed by atoms with Crippen LogP contribution >= 0.6 is 0 Å². The van der Waals surface area contributed by atoms with Gasteiger partial charge in [0.2, 0.25) is 49.2 Å².